The van der Waals surface area contributed by atoms with E-state index in [1.54, 1.807) is 0 Å². The smallest absolute Gasteiger partial charge is 0.0579 e. The van der Waals surface area contributed by atoms with Gasteiger partial charge in [-0.25, -0.2) is 0 Å². The quantitative estimate of drug-likeness (QED) is 0.637. The number of hydrogen-bond donors (Lipinski definition) is 2. The molecule has 0 spiro atoms. The van der Waals surface area contributed by atoms with Crippen LogP contribution < -0.4 is 11.1 Å². The van der Waals surface area contributed by atoms with Gasteiger partial charge in [0.1, 0.15) is 0 Å². The summed E-state index contributed by atoms with van der Waals surface area (Å²) in [7, 11) is 0. The summed E-state index contributed by atoms with van der Waals surface area (Å²) in [5, 5.41) is 3.44. The minimum Gasteiger partial charge on any atom is -0.397 e. The first kappa shape index (κ1) is 13.2. The Labute approximate surface area is 122 Å². The van der Waals surface area contributed by atoms with E-state index in [2.05, 4.69) is 72.1 Å². The second-order valence-corrected chi connectivity index (χ2v) is 5.75. The van der Waals surface area contributed by atoms with E-state index in [1.165, 1.54) is 11.1 Å². The lowest BCUT2D eigenvalue weighted by Crippen LogP contribution is -2.08. The molecule has 1 unspecified atom stereocenters. The summed E-state index contributed by atoms with van der Waals surface area (Å²) in [6.45, 7) is 4.24. The fraction of sp³-hybridized carbons (Fsp3) is 0.200. The highest BCUT2D eigenvalue weighted by molar-refractivity contribution is 14.1. The zero-order valence-electron chi connectivity index (χ0n) is 10.6. The van der Waals surface area contributed by atoms with E-state index in [9.17, 15) is 0 Å². The molecule has 2 rings (SSSR count). The van der Waals surface area contributed by atoms with Crippen molar-refractivity contribution >= 4 is 34.0 Å². The molecule has 2 nitrogen and oxygen atoms in total. The first-order valence-electron chi connectivity index (χ1n) is 5.94. The molecule has 0 amide bonds. The lowest BCUT2D eigenvalue weighted by molar-refractivity contribution is 0.884. The van der Waals surface area contributed by atoms with Gasteiger partial charge in [0.25, 0.3) is 0 Å². The molecule has 0 aliphatic heterocycles. The van der Waals surface area contributed by atoms with Crippen LogP contribution in [0.4, 0.5) is 11.4 Å². The third-order valence-electron chi connectivity index (χ3n) is 2.96. The zero-order valence-corrected chi connectivity index (χ0v) is 12.7. The molecule has 0 radical (unpaired) electrons. The molecule has 0 saturated heterocycles. The van der Waals surface area contributed by atoms with Gasteiger partial charge in [-0.15, -0.1) is 0 Å². The number of halogens is 1. The van der Waals surface area contributed by atoms with Crippen LogP contribution in [0.15, 0.2) is 42.5 Å². The monoisotopic (exact) mass is 352 g/mol. The zero-order chi connectivity index (χ0) is 13.1. The molecule has 18 heavy (non-hydrogen) atoms. The number of aryl methyl sites for hydroxylation is 1. The Hall–Kier alpha value is -1.23. The Morgan fingerprint density at radius 1 is 1.11 bits per heavy atom. The summed E-state index contributed by atoms with van der Waals surface area (Å²) in [4.78, 5) is 0. The third kappa shape index (κ3) is 3.16. The van der Waals surface area contributed by atoms with E-state index in [1.807, 2.05) is 12.1 Å². The molecule has 0 heterocycles. The standard InChI is InChI=1S/C15H17IN2/c1-10-3-5-12(6-4-10)11(2)18-15-8-7-13(16)9-14(15)17/h3-9,11,18H,17H2,1-2H3. The van der Waals surface area contributed by atoms with Crippen LogP contribution in [0, 0.1) is 10.5 Å². The molecular weight excluding hydrogens is 335 g/mol. The van der Waals surface area contributed by atoms with Gasteiger partial charge in [0.15, 0.2) is 0 Å². The molecule has 2 aromatic carbocycles. The van der Waals surface area contributed by atoms with Crippen LogP contribution in [-0.4, -0.2) is 0 Å². The minimum atomic E-state index is 0.243. The predicted octanol–water partition coefficient (Wildman–Crippen LogP) is 4.35. The Bertz CT molecular complexity index is 535. The molecule has 94 valence electrons. The number of nitrogen functional groups attached to an aromatic ring is 1. The van der Waals surface area contributed by atoms with Gasteiger partial charge in [-0.05, 0) is 60.2 Å². The topological polar surface area (TPSA) is 38.0 Å². The van der Waals surface area contributed by atoms with Crippen LogP contribution in [-0.2, 0) is 0 Å². The highest BCUT2D eigenvalue weighted by atomic mass is 127. The Balaban J connectivity index is 2.15. The van der Waals surface area contributed by atoms with Gasteiger partial charge in [0.05, 0.1) is 11.4 Å². The van der Waals surface area contributed by atoms with E-state index in [4.69, 9.17) is 5.73 Å². The van der Waals surface area contributed by atoms with Crippen LogP contribution in [0.2, 0.25) is 0 Å². The van der Waals surface area contributed by atoms with Crippen molar-refractivity contribution in [1.29, 1.82) is 0 Å². The van der Waals surface area contributed by atoms with Gasteiger partial charge in [-0.2, -0.15) is 0 Å². The van der Waals surface area contributed by atoms with Crippen molar-refractivity contribution in [3.8, 4) is 0 Å². The SMILES string of the molecule is Cc1ccc(C(C)Nc2ccc(I)cc2N)cc1. The maximum atomic E-state index is 6.00. The van der Waals surface area contributed by atoms with Crippen molar-refractivity contribution in [2.75, 3.05) is 11.1 Å². The predicted molar refractivity (Wildman–Crippen MR) is 86.8 cm³/mol. The van der Waals surface area contributed by atoms with E-state index >= 15 is 0 Å². The second kappa shape index (κ2) is 5.61. The van der Waals surface area contributed by atoms with Crippen molar-refractivity contribution in [2.45, 2.75) is 19.9 Å². The lowest BCUT2D eigenvalue weighted by Gasteiger charge is -2.17. The number of nitrogens with two attached hydrogens (primary N) is 1. The Morgan fingerprint density at radius 2 is 1.78 bits per heavy atom. The molecule has 0 fully saturated rings. The second-order valence-electron chi connectivity index (χ2n) is 4.51. The largest absolute Gasteiger partial charge is 0.397 e. The van der Waals surface area contributed by atoms with Gasteiger partial charge in [0.2, 0.25) is 0 Å². The number of benzene rings is 2. The maximum Gasteiger partial charge on any atom is 0.0579 e. The van der Waals surface area contributed by atoms with E-state index in [0.29, 0.717) is 0 Å². The highest BCUT2D eigenvalue weighted by Gasteiger charge is 2.07. The van der Waals surface area contributed by atoms with Crippen molar-refractivity contribution in [1.82, 2.24) is 0 Å². The van der Waals surface area contributed by atoms with Crippen molar-refractivity contribution in [3.05, 3.63) is 57.2 Å². The van der Waals surface area contributed by atoms with Gasteiger partial charge in [-0.3, -0.25) is 0 Å². The van der Waals surface area contributed by atoms with Gasteiger partial charge in [-0.1, -0.05) is 29.8 Å². The summed E-state index contributed by atoms with van der Waals surface area (Å²) >= 11 is 2.26. The van der Waals surface area contributed by atoms with Crippen LogP contribution in [0.3, 0.4) is 0 Å². The average molecular weight is 352 g/mol. The van der Waals surface area contributed by atoms with Gasteiger partial charge >= 0.3 is 0 Å². The van der Waals surface area contributed by atoms with Gasteiger partial charge in [0, 0.05) is 9.61 Å². The van der Waals surface area contributed by atoms with E-state index in [-0.39, 0.29) is 6.04 Å². The molecule has 0 aliphatic rings. The minimum absolute atomic E-state index is 0.243. The van der Waals surface area contributed by atoms with E-state index < -0.39 is 0 Å². The molecule has 3 heteroatoms. The number of nitrogens with one attached hydrogen (secondary N) is 1. The van der Waals surface area contributed by atoms with E-state index in [0.717, 1.165) is 14.9 Å². The molecule has 0 saturated carbocycles. The van der Waals surface area contributed by atoms with Crippen LogP contribution in [0.5, 0.6) is 0 Å². The van der Waals surface area contributed by atoms with Crippen LogP contribution >= 0.6 is 22.6 Å². The van der Waals surface area contributed by atoms with Crippen molar-refractivity contribution in [2.24, 2.45) is 0 Å². The summed E-state index contributed by atoms with van der Waals surface area (Å²) < 4.78 is 1.15. The highest BCUT2D eigenvalue weighted by Crippen LogP contribution is 2.25. The van der Waals surface area contributed by atoms with Gasteiger partial charge < -0.3 is 11.1 Å². The van der Waals surface area contributed by atoms with Crippen molar-refractivity contribution < 1.29 is 0 Å². The van der Waals surface area contributed by atoms with Crippen LogP contribution in [0.1, 0.15) is 24.1 Å². The summed E-state index contributed by atoms with van der Waals surface area (Å²) in [6.07, 6.45) is 0. The summed E-state index contributed by atoms with van der Waals surface area (Å²) in [6, 6.07) is 14.9. The normalized spacial score (nSPS) is 12.2. The molecule has 3 N–H and O–H groups in total. The molecule has 0 aromatic heterocycles. The molecular formula is C15H17IN2. The lowest BCUT2D eigenvalue weighted by atomic mass is 10.1. The fourth-order valence-electron chi connectivity index (χ4n) is 1.84. The molecule has 0 aliphatic carbocycles. The molecule has 0 bridgehead atoms. The fourth-order valence-corrected chi connectivity index (χ4v) is 2.35. The van der Waals surface area contributed by atoms with Crippen molar-refractivity contribution in [3.63, 3.8) is 0 Å². The molecule has 2 aromatic rings. The first-order valence-corrected chi connectivity index (χ1v) is 7.02. The Morgan fingerprint density at radius 3 is 2.39 bits per heavy atom. The Kier molecular flexibility index (Phi) is 4.11. The average Bonchev–Trinajstić information content (AvgIpc) is 2.33. The summed E-state index contributed by atoms with van der Waals surface area (Å²) in [5.41, 5.74) is 10.3. The number of hydrogen-bond acceptors (Lipinski definition) is 2. The molecule has 1 atom stereocenters. The summed E-state index contributed by atoms with van der Waals surface area (Å²) in [5.74, 6) is 0. The first-order chi connectivity index (χ1) is 8.56. The number of rotatable bonds is 3. The number of anilines is 2. The third-order valence-corrected chi connectivity index (χ3v) is 3.63. The maximum absolute atomic E-state index is 6.00. The van der Waals surface area contributed by atoms with Crippen LogP contribution in [0.25, 0.3) is 0 Å².